The Labute approximate surface area is 75.4 Å². The molecule has 0 radical (unpaired) electrons. The lowest BCUT2D eigenvalue weighted by molar-refractivity contribution is -0.236. The van der Waals surface area contributed by atoms with E-state index in [-0.39, 0.29) is 6.61 Å². The van der Waals surface area contributed by atoms with Gasteiger partial charge in [-0.25, -0.2) is 9.59 Å². The molecule has 0 fully saturated rings. The number of carbonyl (C=O) groups excluding carboxylic acids is 1. The van der Waals surface area contributed by atoms with Crippen LogP contribution in [0.15, 0.2) is 0 Å². The van der Waals surface area contributed by atoms with Gasteiger partial charge >= 0.3 is 17.7 Å². The molecule has 0 aromatic rings. The zero-order valence-electron chi connectivity index (χ0n) is 7.70. The number of esters is 1. The second-order valence-electron chi connectivity index (χ2n) is 2.05. The molecule has 6 nitrogen and oxygen atoms in total. The summed E-state index contributed by atoms with van der Waals surface area (Å²) in [6.45, 7) is 1.61. The highest BCUT2D eigenvalue weighted by Gasteiger charge is 2.49. The molecule has 0 rings (SSSR count). The van der Waals surface area contributed by atoms with Crippen LogP contribution in [-0.2, 0) is 23.8 Å². The largest absolute Gasteiger partial charge is 0.477 e. The third-order valence-corrected chi connectivity index (χ3v) is 1.40. The number of carboxylic acids is 1. The first kappa shape index (κ1) is 11.9. The van der Waals surface area contributed by atoms with Gasteiger partial charge in [-0.05, 0) is 6.92 Å². The molecule has 0 atom stereocenters. The number of carbonyl (C=O) groups is 2. The molecule has 0 saturated heterocycles. The molecule has 0 aliphatic carbocycles. The molecule has 0 aliphatic rings. The maximum atomic E-state index is 11.1. The van der Waals surface area contributed by atoms with Gasteiger partial charge in [0.25, 0.3) is 0 Å². The molecule has 0 heterocycles. The van der Waals surface area contributed by atoms with E-state index in [1.54, 1.807) is 6.92 Å². The summed E-state index contributed by atoms with van der Waals surface area (Å²) in [5, 5.41) is 8.67. The van der Waals surface area contributed by atoms with E-state index in [0.717, 1.165) is 14.2 Å². The molecule has 0 aromatic carbocycles. The smallest absolute Gasteiger partial charge is 0.379 e. The van der Waals surface area contributed by atoms with Gasteiger partial charge in [-0.15, -0.1) is 0 Å². The highest BCUT2D eigenvalue weighted by atomic mass is 16.7. The van der Waals surface area contributed by atoms with E-state index < -0.39 is 17.7 Å². The molecule has 0 spiro atoms. The topological polar surface area (TPSA) is 82.1 Å². The molecule has 0 bridgehead atoms. The van der Waals surface area contributed by atoms with E-state index in [9.17, 15) is 9.59 Å². The number of ether oxygens (including phenoxy) is 3. The summed E-state index contributed by atoms with van der Waals surface area (Å²) in [6, 6.07) is 0. The summed E-state index contributed by atoms with van der Waals surface area (Å²) in [5.74, 6) is -4.97. The van der Waals surface area contributed by atoms with Crippen molar-refractivity contribution in [1.29, 1.82) is 0 Å². The number of rotatable bonds is 5. The summed E-state index contributed by atoms with van der Waals surface area (Å²) in [4.78, 5) is 21.8. The first-order chi connectivity index (χ1) is 6.05. The Morgan fingerprint density at radius 2 is 1.77 bits per heavy atom. The zero-order chi connectivity index (χ0) is 10.5. The van der Waals surface area contributed by atoms with Crippen LogP contribution in [0.25, 0.3) is 0 Å². The average molecular weight is 192 g/mol. The van der Waals surface area contributed by atoms with Crippen molar-refractivity contribution in [2.45, 2.75) is 12.7 Å². The van der Waals surface area contributed by atoms with E-state index in [1.165, 1.54) is 0 Å². The highest BCUT2D eigenvalue weighted by Crippen LogP contribution is 2.13. The minimum Gasteiger partial charge on any atom is -0.477 e. The second kappa shape index (κ2) is 4.78. The normalized spacial score (nSPS) is 11.0. The van der Waals surface area contributed by atoms with Crippen LogP contribution in [0.1, 0.15) is 6.92 Å². The molecule has 6 heteroatoms. The number of aliphatic carboxylic acids is 1. The van der Waals surface area contributed by atoms with Crippen molar-refractivity contribution in [3.05, 3.63) is 0 Å². The van der Waals surface area contributed by atoms with Gasteiger partial charge in [0.2, 0.25) is 0 Å². The number of hydrogen-bond acceptors (Lipinski definition) is 5. The third kappa shape index (κ3) is 2.16. The van der Waals surface area contributed by atoms with Gasteiger partial charge in [-0.1, -0.05) is 0 Å². The predicted molar refractivity (Wildman–Crippen MR) is 41.0 cm³/mol. The van der Waals surface area contributed by atoms with Crippen LogP contribution in [0.2, 0.25) is 0 Å². The van der Waals surface area contributed by atoms with Crippen molar-refractivity contribution >= 4 is 11.9 Å². The summed E-state index contributed by atoms with van der Waals surface area (Å²) < 4.78 is 13.4. The summed E-state index contributed by atoms with van der Waals surface area (Å²) in [5.41, 5.74) is 0. The molecular formula is C7H12O6. The summed E-state index contributed by atoms with van der Waals surface area (Å²) in [6.07, 6.45) is 0. The molecule has 76 valence electrons. The van der Waals surface area contributed by atoms with Crippen LogP contribution in [-0.4, -0.2) is 43.7 Å². The quantitative estimate of drug-likeness (QED) is 0.363. The van der Waals surface area contributed by atoms with Crippen LogP contribution < -0.4 is 0 Å². The van der Waals surface area contributed by atoms with Crippen molar-refractivity contribution in [2.24, 2.45) is 0 Å². The predicted octanol–water partition coefficient (Wildman–Crippen LogP) is -0.377. The third-order valence-electron chi connectivity index (χ3n) is 1.40. The maximum Gasteiger partial charge on any atom is 0.379 e. The van der Waals surface area contributed by atoms with Crippen molar-refractivity contribution in [1.82, 2.24) is 0 Å². The van der Waals surface area contributed by atoms with Crippen LogP contribution in [0.3, 0.4) is 0 Å². The van der Waals surface area contributed by atoms with Gasteiger partial charge in [0.05, 0.1) is 6.61 Å². The fourth-order valence-corrected chi connectivity index (χ4v) is 0.738. The molecule has 1 N–H and O–H groups in total. The molecule has 0 unspecified atom stereocenters. The zero-order valence-corrected chi connectivity index (χ0v) is 7.70. The Bertz CT molecular complexity index is 195. The maximum absolute atomic E-state index is 11.1. The van der Waals surface area contributed by atoms with Gasteiger partial charge in [-0.2, -0.15) is 0 Å². The molecular weight excluding hydrogens is 180 g/mol. The highest BCUT2D eigenvalue weighted by molar-refractivity contribution is 6.00. The minimum absolute atomic E-state index is 0.0561. The lowest BCUT2D eigenvalue weighted by atomic mass is 10.3. The Morgan fingerprint density at radius 3 is 2.00 bits per heavy atom. The number of hydrogen-bond donors (Lipinski definition) is 1. The van der Waals surface area contributed by atoms with Gasteiger partial charge in [0.1, 0.15) is 0 Å². The second-order valence-corrected chi connectivity index (χ2v) is 2.05. The van der Waals surface area contributed by atoms with E-state index in [4.69, 9.17) is 5.11 Å². The fourth-order valence-electron chi connectivity index (χ4n) is 0.738. The lowest BCUT2D eigenvalue weighted by Crippen LogP contribution is -2.51. The van der Waals surface area contributed by atoms with Crippen molar-refractivity contribution < 1.29 is 28.9 Å². The van der Waals surface area contributed by atoms with Gasteiger partial charge in [0.15, 0.2) is 0 Å². The van der Waals surface area contributed by atoms with Crippen molar-refractivity contribution in [2.75, 3.05) is 20.8 Å². The number of carboxylic acid groups (broad SMARTS) is 1. The molecule has 13 heavy (non-hydrogen) atoms. The van der Waals surface area contributed by atoms with Gasteiger partial charge in [0, 0.05) is 14.2 Å². The van der Waals surface area contributed by atoms with Crippen molar-refractivity contribution in [3.63, 3.8) is 0 Å². The first-order valence-electron chi connectivity index (χ1n) is 3.56. The van der Waals surface area contributed by atoms with Crippen LogP contribution in [0.5, 0.6) is 0 Å². The van der Waals surface area contributed by atoms with E-state index in [0.29, 0.717) is 0 Å². The average Bonchev–Trinajstić information content (AvgIpc) is 2.07. The first-order valence-corrected chi connectivity index (χ1v) is 3.56. The Balaban J connectivity index is 4.75. The summed E-state index contributed by atoms with van der Waals surface area (Å²) in [7, 11) is 2.10. The molecule has 0 aromatic heterocycles. The minimum atomic E-state index is -2.35. The van der Waals surface area contributed by atoms with Gasteiger partial charge in [-0.3, -0.25) is 0 Å². The van der Waals surface area contributed by atoms with Gasteiger partial charge < -0.3 is 19.3 Å². The molecule has 0 saturated carbocycles. The van der Waals surface area contributed by atoms with Crippen molar-refractivity contribution in [3.8, 4) is 0 Å². The van der Waals surface area contributed by atoms with E-state index >= 15 is 0 Å². The Kier molecular flexibility index (Phi) is 4.36. The van der Waals surface area contributed by atoms with Crippen LogP contribution in [0.4, 0.5) is 0 Å². The summed E-state index contributed by atoms with van der Waals surface area (Å²) >= 11 is 0. The molecule has 0 aliphatic heterocycles. The van der Waals surface area contributed by atoms with Crippen LogP contribution >= 0.6 is 0 Å². The lowest BCUT2D eigenvalue weighted by Gasteiger charge is -2.22. The monoisotopic (exact) mass is 192 g/mol. The molecule has 0 amide bonds. The fraction of sp³-hybridized carbons (Fsp3) is 0.714. The Morgan fingerprint density at radius 1 is 1.31 bits per heavy atom. The van der Waals surface area contributed by atoms with E-state index in [2.05, 4.69) is 14.2 Å². The SMILES string of the molecule is CCOC(=O)C(OC)(OC)C(=O)O. The number of methoxy groups -OCH3 is 2. The Hall–Kier alpha value is -1.14. The van der Waals surface area contributed by atoms with Crippen LogP contribution in [0, 0.1) is 0 Å². The van der Waals surface area contributed by atoms with E-state index in [1.807, 2.05) is 0 Å². The standard InChI is InChI=1S/C7H12O6/c1-4-13-6(10)7(11-2,12-3)5(8)9/h4H2,1-3H3,(H,8,9).